The molecule has 0 aromatic carbocycles. The second kappa shape index (κ2) is 4.18. The van der Waals surface area contributed by atoms with Crippen LogP contribution in [-0.4, -0.2) is 18.8 Å². The summed E-state index contributed by atoms with van der Waals surface area (Å²) in [5, 5.41) is 0. The predicted molar refractivity (Wildman–Crippen MR) is 70.3 cm³/mol. The summed E-state index contributed by atoms with van der Waals surface area (Å²) in [6.07, 6.45) is 2.96. The summed E-state index contributed by atoms with van der Waals surface area (Å²) in [7, 11) is 0.107. The van der Waals surface area contributed by atoms with Gasteiger partial charge in [0, 0.05) is 0 Å². The van der Waals surface area contributed by atoms with Crippen molar-refractivity contribution in [3.8, 4) is 0 Å². The van der Waals surface area contributed by atoms with Crippen molar-refractivity contribution in [2.24, 2.45) is 17.3 Å². The fourth-order valence-electron chi connectivity index (χ4n) is 4.08. The number of halogens is 1. The normalized spacial score (nSPS) is 48.1. The van der Waals surface area contributed by atoms with Crippen LogP contribution in [0.5, 0.6) is 0 Å². The van der Waals surface area contributed by atoms with E-state index >= 15 is 0 Å². The van der Waals surface area contributed by atoms with Crippen LogP contribution in [0.3, 0.4) is 0 Å². The summed E-state index contributed by atoms with van der Waals surface area (Å²) in [6.45, 7) is 7.10. The van der Waals surface area contributed by atoms with Crippen molar-refractivity contribution in [3.05, 3.63) is 0 Å². The van der Waals surface area contributed by atoms with Crippen molar-refractivity contribution in [3.63, 3.8) is 0 Å². The summed E-state index contributed by atoms with van der Waals surface area (Å²) < 4.78 is 12.2. The van der Waals surface area contributed by atoms with Crippen LogP contribution < -0.4 is 0 Å². The molecule has 5 heteroatoms. The van der Waals surface area contributed by atoms with E-state index in [1.165, 1.54) is 31.1 Å². The molecule has 0 aromatic heterocycles. The van der Waals surface area contributed by atoms with Gasteiger partial charge >= 0.3 is 102 Å². The van der Waals surface area contributed by atoms with E-state index in [0.717, 1.165) is 10.8 Å². The first-order chi connectivity index (χ1) is 6.98. The quantitative estimate of drug-likeness (QED) is 0.510. The fourth-order valence-corrected chi connectivity index (χ4v) is 4.61. The smallest absolute Gasteiger partial charge is 0.107 e. The Morgan fingerprint density at radius 2 is 2.00 bits per heavy atom. The van der Waals surface area contributed by atoms with Crippen molar-refractivity contribution in [2.75, 3.05) is 0 Å². The van der Waals surface area contributed by atoms with E-state index in [1.807, 2.05) is 0 Å². The largest absolute Gasteiger partial charge is 0.107 e. The molecule has 1 heterocycles. The summed E-state index contributed by atoms with van der Waals surface area (Å²) >= 11 is 1.27. The summed E-state index contributed by atoms with van der Waals surface area (Å²) in [4.78, 5) is 1.10. The zero-order chi connectivity index (χ0) is 10.8. The molecule has 4 aliphatic rings. The first-order valence-electron chi connectivity index (χ1n) is 6.11. The Labute approximate surface area is 125 Å². The SMILES string of the molecule is CC1(C)[C@@H]2C[C@H]3OB([CH2][Zn])O[C@@]3(C)[C@H]1C2.I. The van der Waals surface area contributed by atoms with Crippen molar-refractivity contribution >= 4 is 31.1 Å². The Morgan fingerprint density at radius 3 is 2.56 bits per heavy atom. The average Bonchev–Trinajstić information content (AvgIpc) is 2.53. The van der Waals surface area contributed by atoms with Crippen molar-refractivity contribution in [1.82, 2.24) is 0 Å². The molecule has 2 bridgehead atoms. The Kier molecular flexibility index (Phi) is 3.59. The minimum atomic E-state index is 0. The van der Waals surface area contributed by atoms with Crippen molar-refractivity contribution in [1.29, 1.82) is 0 Å². The topological polar surface area (TPSA) is 18.5 Å². The summed E-state index contributed by atoms with van der Waals surface area (Å²) in [5.41, 5.74) is 0.499. The van der Waals surface area contributed by atoms with Crippen LogP contribution in [0, 0.1) is 17.3 Å². The second-order valence-corrected chi connectivity index (χ2v) is 7.40. The predicted octanol–water partition coefficient (Wildman–Crippen LogP) is 2.84. The van der Waals surface area contributed by atoms with Crippen LogP contribution in [-0.2, 0) is 27.6 Å². The van der Waals surface area contributed by atoms with E-state index in [0.29, 0.717) is 17.4 Å². The monoisotopic (exact) mass is 385 g/mol. The Hall–Kier alpha value is 1.34. The molecule has 1 aliphatic heterocycles. The zero-order valence-electron chi connectivity index (χ0n) is 10.4. The third-order valence-corrected chi connectivity index (χ3v) is 6.23. The van der Waals surface area contributed by atoms with E-state index in [9.17, 15) is 0 Å². The van der Waals surface area contributed by atoms with Gasteiger partial charge in [0.15, 0.2) is 0 Å². The Bertz CT molecular complexity index is 302. The number of hydrogen-bond acceptors (Lipinski definition) is 2. The van der Waals surface area contributed by atoms with Crippen molar-refractivity contribution < 1.29 is 27.6 Å². The van der Waals surface area contributed by atoms with Gasteiger partial charge < -0.3 is 0 Å². The minimum Gasteiger partial charge on any atom is -0.107 e. The third-order valence-electron chi connectivity index (χ3n) is 5.24. The molecule has 4 atom stereocenters. The molecule has 4 rings (SSSR count). The van der Waals surface area contributed by atoms with Crippen LogP contribution in [0.25, 0.3) is 0 Å². The van der Waals surface area contributed by atoms with E-state index in [1.54, 1.807) is 0 Å². The average molecular weight is 386 g/mol. The molecule has 0 amide bonds. The molecule has 16 heavy (non-hydrogen) atoms. The maximum atomic E-state index is 6.20. The zero-order valence-corrected chi connectivity index (χ0v) is 15.7. The van der Waals surface area contributed by atoms with Gasteiger partial charge in [-0.3, -0.25) is 0 Å². The summed E-state index contributed by atoms with van der Waals surface area (Å²) in [5.74, 6) is 1.58. The van der Waals surface area contributed by atoms with Crippen LogP contribution in [0.15, 0.2) is 0 Å². The molecule has 3 saturated carbocycles. The third kappa shape index (κ3) is 1.60. The molecular formula is C11H19BIO2Zn. The molecule has 0 N–H and O–H groups in total. The van der Waals surface area contributed by atoms with Gasteiger partial charge in [0.05, 0.1) is 0 Å². The molecule has 0 radical (unpaired) electrons. The van der Waals surface area contributed by atoms with Gasteiger partial charge in [0.2, 0.25) is 0 Å². The molecule has 0 spiro atoms. The number of rotatable bonds is 1. The van der Waals surface area contributed by atoms with Crippen LogP contribution in [0.1, 0.15) is 33.6 Å². The Balaban J connectivity index is 0.000000963. The maximum Gasteiger partial charge on any atom is -0.107 e. The molecule has 0 unspecified atom stereocenters. The Morgan fingerprint density at radius 1 is 1.31 bits per heavy atom. The minimum absolute atomic E-state index is 0. The van der Waals surface area contributed by atoms with Gasteiger partial charge in [-0.25, -0.2) is 0 Å². The van der Waals surface area contributed by atoms with Crippen LogP contribution in [0.2, 0.25) is 4.91 Å². The van der Waals surface area contributed by atoms with E-state index in [2.05, 4.69) is 20.8 Å². The maximum absolute atomic E-state index is 6.20. The van der Waals surface area contributed by atoms with Crippen LogP contribution >= 0.6 is 24.0 Å². The summed E-state index contributed by atoms with van der Waals surface area (Å²) in [6, 6.07) is 0. The van der Waals surface area contributed by atoms with E-state index in [-0.39, 0.29) is 36.7 Å². The molecule has 2 nitrogen and oxygen atoms in total. The molecule has 0 aromatic rings. The van der Waals surface area contributed by atoms with Crippen molar-refractivity contribution in [2.45, 2.75) is 50.2 Å². The van der Waals surface area contributed by atoms with E-state index in [4.69, 9.17) is 9.31 Å². The van der Waals surface area contributed by atoms with Gasteiger partial charge in [0.25, 0.3) is 0 Å². The number of hydrogen-bond donors (Lipinski definition) is 0. The standard InChI is InChI=1S/C11H18BO2.HI.Zn/c1-10(2)7-5-8(10)11(3)9(6-7)13-12(4)14-11;;/h7-9H,4-6H2,1-3H3;1H;/t7-,8-,9+,11-;;/m0../s1. The molecule has 1 saturated heterocycles. The molecule has 4 fully saturated rings. The molecule has 87 valence electrons. The first-order valence-corrected chi connectivity index (χ1v) is 8.21. The molecule has 3 aliphatic carbocycles. The van der Waals surface area contributed by atoms with E-state index < -0.39 is 0 Å². The van der Waals surface area contributed by atoms with Gasteiger partial charge in [-0.1, -0.05) is 0 Å². The second-order valence-electron chi connectivity index (χ2n) is 6.19. The van der Waals surface area contributed by atoms with Gasteiger partial charge in [-0.05, 0) is 0 Å². The van der Waals surface area contributed by atoms with Crippen LogP contribution in [0.4, 0.5) is 0 Å². The van der Waals surface area contributed by atoms with Gasteiger partial charge in [-0.2, -0.15) is 0 Å². The van der Waals surface area contributed by atoms with Gasteiger partial charge in [-0.15, -0.1) is 24.0 Å². The fraction of sp³-hybridized carbons (Fsp3) is 1.00. The van der Waals surface area contributed by atoms with Gasteiger partial charge in [0.1, 0.15) is 0 Å². The first kappa shape index (κ1) is 13.8. The molecular weight excluding hydrogens is 367 g/mol.